The van der Waals surface area contributed by atoms with Crippen molar-refractivity contribution in [2.24, 2.45) is 5.92 Å². The van der Waals surface area contributed by atoms with Crippen LogP contribution in [0.1, 0.15) is 19.4 Å². The van der Waals surface area contributed by atoms with Crippen molar-refractivity contribution < 1.29 is 9.59 Å². The lowest BCUT2D eigenvalue weighted by atomic mass is 9.98. The lowest BCUT2D eigenvalue weighted by molar-refractivity contribution is -0.128. The van der Waals surface area contributed by atoms with E-state index in [2.05, 4.69) is 11.9 Å². The summed E-state index contributed by atoms with van der Waals surface area (Å²) in [5, 5.41) is 2.67. The molecular weight excluding hydrogens is 320 g/mol. The van der Waals surface area contributed by atoms with Crippen molar-refractivity contribution in [3.63, 3.8) is 0 Å². The molecule has 1 N–H and O–H groups in total. The number of nitrogens with one attached hydrogen (secondary N) is 1. The van der Waals surface area contributed by atoms with Gasteiger partial charge in [0.1, 0.15) is 5.57 Å². The van der Waals surface area contributed by atoms with E-state index < -0.39 is 11.8 Å². The molecule has 1 fully saturated rings. The molecule has 1 heterocycles. The van der Waals surface area contributed by atoms with Gasteiger partial charge in [-0.2, -0.15) is 0 Å². The second-order valence-corrected chi connectivity index (χ2v) is 6.14. The van der Waals surface area contributed by atoms with Crippen LogP contribution in [0.4, 0.5) is 0 Å². The average molecular weight is 340 g/mol. The summed E-state index contributed by atoms with van der Waals surface area (Å²) in [6, 6.07) is 9.66. The first-order chi connectivity index (χ1) is 11.4. The summed E-state index contributed by atoms with van der Waals surface area (Å²) in [6.45, 7) is 7.96. The molecule has 1 aliphatic rings. The van der Waals surface area contributed by atoms with Crippen LogP contribution in [0.25, 0.3) is 5.57 Å². The van der Waals surface area contributed by atoms with Crippen LogP contribution in [-0.2, 0) is 9.59 Å². The second-order valence-electron chi connectivity index (χ2n) is 5.75. The molecule has 0 aromatic heterocycles. The van der Waals surface area contributed by atoms with E-state index in [9.17, 15) is 9.59 Å². The largest absolute Gasteiger partial charge is 0.298 e. The predicted molar refractivity (Wildman–Crippen MR) is 100.0 cm³/mol. The topological polar surface area (TPSA) is 49.4 Å². The molecule has 1 aliphatic heterocycles. The van der Waals surface area contributed by atoms with E-state index in [0.717, 1.165) is 11.1 Å². The highest BCUT2D eigenvalue weighted by molar-refractivity contribution is 7.80. The van der Waals surface area contributed by atoms with Gasteiger partial charge in [-0.25, -0.2) is 0 Å². The number of thiocarbonyl (C=S) groups is 1. The highest BCUT2D eigenvalue weighted by Gasteiger charge is 2.32. The molecule has 24 heavy (non-hydrogen) atoms. The standard InChI is InChI=1S/C19H20N2O2S/c1-4-10-21-18(23)16(17(22)20-19(21)24)12-15(11-13(2)3)14-8-6-5-7-9-14/h4-9,11-13H,1,10H2,2-3H3,(H,20,22,24). The molecular formula is C19H20N2O2S. The fraction of sp³-hybridized carbons (Fsp3) is 0.211. The Morgan fingerprint density at radius 3 is 2.54 bits per heavy atom. The zero-order valence-electron chi connectivity index (χ0n) is 13.8. The third-order valence-corrected chi connectivity index (χ3v) is 3.74. The Morgan fingerprint density at radius 2 is 1.96 bits per heavy atom. The van der Waals surface area contributed by atoms with Crippen LogP contribution < -0.4 is 5.32 Å². The highest BCUT2D eigenvalue weighted by Crippen LogP contribution is 2.22. The van der Waals surface area contributed by atoms with E-state index in [4.69, 9.17) is 12.2 Å². The molecule has 1 saturated heterocycles. The van der Waals surface area contributed by atoms with Crippen molar-refractivity contribution in [3.8, 4) is 0 Å². The van der Waals surface area contributed by atoms with Crippen LogP contribution >= 0.6 is 12.2 Å². The normalized spacial score (nSPS) is 17.5. The van der Waals surface area contributed by atoms with Gasteiger partial charge in [-0.05, 0) is 35.3 Å². The molecule has 1 aromatic carbocycles. The van der Waals surface area contributed by atoms with Crippen LogP contribution in [0.5, 0.6) is 0 Å². The van der Waals surface area contributed by atoms with Crippen LogP contribution in [-0.4, -0.2) is 28.4 Å². The number of carbonyl (C=O) groups excluding carboxylic acids is 2. The van der Waals surface area contributed by atoms with Gasteiger partial charge in [-0.1, -0.05) is 56.3 Å². The Balaban J connectivity index is 2.47. The molecule has 0 spiro atoms. The summed E-state index contributed by atoms with van der Waals surface area (Å²) in [5.41, 5.74) is 1.85. The van der Waals surface area contributed by atoms with E-state index >= 15 is 0 Å². The average Bonchev–Trinajstić information content (AvgIpc) is 2.54. The minimum Gasteiger partial charge on any atom is -0.298 e. The highest BCUT2D eigenvalue weighted by atomic mass is 32.1. The Hall–Kier alpha value is -2.53. The summed E-state index contributed by atoms with van der Waals surface area (Å²) < 4.78 is 0. The second kappa shape index (κ2) is 7.84. The number of carbonyl (C=O) groups is 2. The van der Waals surface area contributed by atoms with Gasteiger partial charge in [-0.3, -0.25) is 19.8 Å². The van der Waals surface area contributed by atoms with Crippen molar-refractivity contribution in [1.29, 1.82) is 0 Å². The van der Waals surface area contributed by atoms with Crippen molar-refractivity contribution in [2.75, 3.05) is 6.54 Å². The molecule has 4 nitrogen and oxygen atoms in total. The molecule has 0 unspecified atom stereocenters. The van der Waals surface area contributed by atoms with Gasteiger partial charge >= 0.3 is 0 Å². The zero-order valence-corrected chi connectivity index (χ0v) is 14.6. The first kappa shape index (κ1) is 17.8. The lowest BCUT2D eigenvalue weighted by Crippen LogP contribution is -2.53. The Morgan fingerprint density at radius 1 is 1.29 bits per heavy atom. The molecule has 1 aromatic rings. The fourth-order valence-corrected chi connectivity index (χ4v) is 2.61. The SMILES string of the molecule is C=CCN1C(=O)C(=CC(=CC(C)C)c2ccccc2)C(=O)NC1=S. The van der Waals surface area contributed by atoms with Gasteiger partial charge in [0.15, 0.2) is 5.11 Å². The van der Waals surface area contributed by atoms with Crippen molar-refractivity contribution in [3.05, 3.63) is 66.3 Å². The number of amides is 2. The molecule has 0 radical (unpaired) electrons. The number of rotatable bonds is 5. The summed E-state index contributed by atoms with van der Waals surface area (Å²) in [5.74, 6) is -0.616. The maximum atomic E-state index is 12.6. The van der Waals surface area contributed by atoms with Gasteiger partial charge < -0.3 is 0 Å². The number of allylic oxidation sites excluding steroid dienone is 3. The van der Waals surface area contributed by atoms with E-state index in [1.54, 1.807) is 12.2 Å². The maximum Gasteiger partial charge on any atom is 0.265 e. The quantitative estimate of drug-likeness (QED) is 0.388. The molecule has 2 rings (SSSR count). The molecule has 5 heteroatoms. The van der Waals surface area contributed by atoms with Gasteiger partial charge in [0, 0.05) is 6.54 Å². The summed E-state index contributed by atoms with van der Waals surface area (Å²) >= 11 is 5.06. The molecule has 124 valence electrons. The van der Waals surface area contributed by atoms with Gasteiger partial charge in [-0.15, -0.1) is 6.58 Å². The summed E-state index contributed by atoms with van der Waals surface area (Å²) in [4.78, 5) is 26.2. The van der Waals surface area contributed by atoms with Crippen molar-refractivity contribution in [1.82, 2.24) is 10.2 Å². The molecule has 0 aliphatic carbocycles. The maximum absolute atomic E-state index is 12.6. The Labute approximate surface area is 147 Å². The summed E-state index contributed by atoms with van der Waals surface area (Å²) in [7, 11) is 0. The molecule has 2 amide bonds. The molecule has 0 atom stereocenters. The number of hydrogen-bond donors (Lipinski definition) is 1. The lowest BCUT2D eigenvalue weighted by Gasteiger charge is -2.28. The Bertz CT molecular complexity index is 733. The van der Waals surface area contributed by atoms with E-state index in [1.165, 1.54) is 4.90 Å². The Kier molecular flexibility index (Phi) is 5.82. The van der Waals surface area contributed by atoms with Crippen molar-refractivity contribution >= 4 is 34.7 Å². The van der Waals surface area contributed by atoms with Crippen LogP contribution in [0, 0.1) is 5.92 Å². The number of benzene rings is 1. The van der Waals surface area contributed by atoms with E-state index in [-0.39, 0.29) is 23.1 Å². The monoisotopic (exact) mass is 340 g/mol. The van der Waals surface area contributed by atoms with Gasteiger partial charge in [0.2, 0.25) is 0 Å². The molecule has 0 bridgehead atoms. The third kappa shape index (κ3) is 4.06. The number of hydrogen-bond acceptors (Lipinski definition) is 3. The predicted octanol–water partition coefficient (Wildman–Crippen LogP) is 3.08. The summed E-state index contributed by atoms with van der Waals surface area (Å²) in [6.07, 6.45) is 5.22. The minimum atomic E-state index is -0.476. The van der Waals surface area contributed by atoms with Crippen LogP contribution in [0.3, 0.4) is 0 Å². The van der Waals surface area contributed by atoms with Gasteiger partial charge in [0.25, 0.3) is 11.8 Å². The zero-order chi connectivity index (χ0) is 17.7. The fourth-order valence-electron chi connectivity index (χ4n) is 2.36. The van der Waals surface area contributed by atoms with Crippen LogP contribution in [0.2, 0.25) is 0 Å². The first-order valence-electron chi connectivity index (χ1n) is 7.71. The minimum absolute atomic E-state index is 0.0706. The van der Waals surface area contributed by atoms with Crippen LogP contribution in [0.15, 0.2) is 60.7 Å². The molecule has 0 saturated carbocycles. The van der Waals surface area contributed by atoms with E-state index in [0.29, 0.717) is 0 Å². The number of nitrogens with zero attached hydrogens (tertiary/aromatic N) is 1. The third-order valence-electron chi connectivity index (χ3n) is 3.42. The van der Waals surface area contributed by atoms with Gasteiger partial charge in [0.05, 0.1) is 0 Å². The smallest absolute Gasteiger partial charge is 0.265 e. The first-order valence-corrected chi connectivity index (χ1v) is 8.12. The van der Waals surface area contributed by atoms with E-state index in [1.807, 2.05) is 50.3 Å². The van der Waals surface area contributed by atoms with Crippen molar-refractivity contribution in [2.45, 2.75) is 13.8 Å².